The van der Waals surface area contributed by atoms with Crippen molar-refractivity contribution in [2.24, 2.45) is 0 Å². The highest BCUT2D eigenvalue weighted by atomic mass is 32.2. The third kappa shape index (κ3) is 7.09. The highest BCUT2D eigenvalue weighted by molar-refractivity contribution is 8.00. The Bertz CT molecular complexity index is 4130. The van der Waals surface area contributed by atoms with Crippen molar-refractivity contribution >= 4 is 97.8 Å². The second-order valence-electron chi connectivity index (χ2n) is 19.6. The molecule has 4 aliphatic heterocycles. The van der Waals surface area contributed by atoms with Gasteiger partial charge in [-0.3, -0.25) is 10.1 Å². The number of nitro groups is 1. The first-order valence-electron chi connectivity index (χ1n) is 25.5. The summed E-state index contributed by atoms with van der Waals surface area (Å²) in [5.41, 5.74) is 18.7. The topological polar surface area (TPSA) is 68.1 Å². The van der Waals surface area contributed by atoms with E-state index in [1.807, 2.05) is 6.07 Å². The number of nitrogens with zero attached hydrogens (tertiary/aromatic N) is 3. The molecule has 0 aromatic heterocycles. The van der Waals surface area contributed by atoms with Crippen molar-refractivity contribution in [2.45, 2.75) is 9.79 Å². The van der Waals surface area contributed by atoms with Crippen molar-refractivity contribution in [2.75, 3.05) is 9.80 Å². The van der Waals surface area contributed by atoms with Crippen LogP contribution in [0.3, 0.4) is 0 Å². The van der Waals surface area contributed by atoms with Crippen LogP contribution >= 0.6 is 11.8 Å². The fraction of sp³-hybridized carbons (Fsp3) is 0. The maximum absolute atomic E-state index is 12.1. The smallest absolute Gasteiger partial charge is 0.270 e. The zero-order valence-electron chi connectivity index (χ0n) is 40.7. The van der Waals surface area contributed by atoms with E-state index in [0.29, 0.717) is 0 Å². The Morgan fingerprint density at radius 3 is 1.76 bits per heavy atom. The van der Waals surface area contributed by atoms with Crippen LogP contribution in [-0.2, 0) is 0 Å². The largest absolute Gasteiger partial charge is 0.458 e. The van der Waals surface area contributed by atoms with Crippen LogP contribution in [0.2, 0.25) is 0 Å². The number of hydrogen-bond donors (Lipinski definition) is 0. The summed E-state index contributed by atoms with van der Waals surface area (Å²) in [4.78, 5) is 18.7. The molecular weight excluding hydrogens is 952 g/mol. The normalized spacial score (nSPS) is 12.9. The van der Waals surface area contributed by atoms with Gasteiger partial charge in [-0.05, 0) is 116 Å². The van der Waals surface area contributed by atoms with E-state index >= 15 is 0 Å². The third-order valence-electron chi connectivity index (χ3n) is 15.3. The van der Waals surface area contributed by atoms with Crippen LogP contribution in [0.5, 0.6) is 23.0 Å². The average molecular weight is 994 g/mol. The molecule has 0 saturated heterocycles. The molecule has 10 heteroatoms. The predicted octanol–water partition coefficient (Wildman–Crippen LogP) is 13.6. The number of hydrogen-bond acceptors (Lipinski definition) is 7. The SMILES string of the molecule is O=[N+]([O-])c1cccc(-c2cc3c4c(c2)Sc2ccccc2B4c2cc4c(cc2O3)N(c2cc(-c3ccccc3)ccc2-c2ccccc2)c2cc(N(c3ccccc3)c3ccccc3)cc3c2B4c2ccccc2O3)c1. The number of anilines is 6. The molecule has 7 nitrogen and oxygen atoms in total. The summed E-state index contributed by atoms with van der Waals surface area (Å²) in [7, 11) is 0. The van der Waals surface area contributed by atoms with Crippen LogP contribution in [0.1, 0.15) is 0 Å². The van der Waals surface area contributed by atoms with Gasteiger partial charge in [0.25, 0.3) is 19.1 Å². The van der Waals surface area contributed by atoms with Crippen molar-refractivity contribution in [3.63, 3.8) is 0 Å². The Balaban J connectivity index is 1.04. The molecule has 15 rings (SSSR count). The van der Waals surface area contributed by atoms with Gasteiger partial charge in [0.15, 0.2) is 0 Å². The van der Waals surface area contributed by atoms with Gasteiger partial charge in [-0.1, -0.05) is 181 Å². The minimum atomic E-state index is -0.338. The lowest BCUT2D eigenvalue weighted by atomic mass is 9.31. The van der Waals surface area contributed by atoms with Crippen LogP contribution in [0, 0.1) is 10.1 Å². The van der Waals surface area contributed by atoms with Crippen LogP contribution in [0.15, 0.2) is 259 Å². The van der Waals surface area contributed by atoms with E-state index in [1.165, 1.54) is 11.5 Å². The number of nitro benzene ring substituents is 1. The van der Waals surface area contributed by atoms with Crippen molar-refractivity contribution in [3.05, 3.63) is 259 Å². The molecule has 0 radical (unpaired) electrons. The quantitative estimate of drug-likeness (QED) is 0.0853. The lowest BCUT2D eigenvalue weighted by molar-refractivity contribution is -0.384. The van der Waals surface area contributed by atoms with Gasteiger partial charge in [-0.25, -0.2) is 0 Å². The molecule has 11 aromatic rings. The van der Waals surface area contributed by atoms with E-state index in [0.717, 1.165) is 128 Å². The Morgan fingerprint density at radius 2 is 1.01 bits per heavy atom. The summed E-state index contributed by atoms with van der Waals surface area (Å²) in [6.45, 7) is -0.376. The zero-order valence-corrected chi connectivity index (χ0v) is 41.5. The summed E-state index contributed by atoms with van der Waals surface area (Å²) < 4.78 is 14.6. The van der Waals surface area contributed by atoms with Crippen molar-refractivity contribution in [3.8, 4) is 56.4 Å². The summed E-state index contributed by atoms with van der Waals surface area (Å²) in [6.07, 6.45) is 0. The van der Waals surface area contributed by atoms with Crippen LogP contribution in [-0.4, -0.2) is 18.3 Å². The second kappa shape index (κ2) is 17.6. The first-order valence-corrected chi connectivity index (χ1v) is 26.3. The molecule has 0 unspecified atom stereocenters. The highest BCUT2D eigenvalue weighted by Gasteiger charge is 2.46. The van der Waals surface area contributed by atoms with Crippen molar-refractivity contribution < 1.29 is 14.4 Å². The van der Waals surface area contributed by atoms with E-state index in [-0.39, 0.29) is 24.0 Å². The minimum Gasteiger partial charge on any atom is -0.458 e. The predicted molar refractivity (Wildman–Crippen MR) is 312 cm³/mol. The van der Waals surface area contributed by atoms with Crippen LogP contribution in [0.25, 0.3) is 33.4 Å². The molecule has 0 atom stereocenters. The first kappa shape index (κ1) is 44.0. The molecular formula is C66H41B2N3O4S. The van der Waals surface area contributed by atoms with Gasteiger partial charge in [-0.2, -0.15) is 0 Å². The van der Waals surface area contributed by atoms with Gasteiger partial charge < -0.3 is 19.3 Å². The van der Waals surface area contributed by atoms with Gasteiger partial charge in [0.2, 0.25) is 0 Å². The standard InChI is InChI=1S/C66H41B2N3O4S/c72-71(73)49-27-17-22-44(34-49)46-36-61-66-64(37-46)76-63-31-16-14-29-53(63)68(66)55-40-54-57(41-60(55)75-61)70(56-35-45(42-18-5-1-6-19-42)32-33-51(56)43-20-7-2-8-21-43)58-38-50(39-62-65(58)67(54)52-28-13-15-30-59(52)74-62)69(47-23-9-3-10-24-47)48-25-11-4-12-26-48/h1-41H. The fourth-order valence-electron chi connectivity index (χ4n) is 12.0. The fourth-order valence-corrected chi connectivity index (χ4v) is 13.2. The van der Waals surface area contributed by atoms with E-state index < -0.39 is 0 Å². The molecule has 0 N–H and O–H groups in total. The number of benzene rings is 11. The second-order valence-corrected chi connectivity index (χ2v) is 20.7. The van der Waals surface area contributed by atoms with E-state index in [9.17, 15) is 10.1 Å². The van der Waals surface area contributed by atoms with Crippen molar-refractivity contribution in [1.82, 2.24) is 0 Å². The molecule has 0 spiro atoms. The molecule has 0 bridgehead atoms. The van der Waals surface area contributed by atoms with E-state index in [2.05, 4.69) is 234 Å². The molecule has 0 fully saturated rings. The van der Waals surface area contributed by atoms with Gasteiger partial charge in [0, 0.05) is 62.4 Å². The number of non-ortho nitro benzene ring substituents is 1. The molecule has 0 saturated carbocycles. The average Bonchev–Trinajstić information content (AvgIpc) is 3.63. The Morgan fingerprint density at radius 1 is 0.395 bits per heavy atom. The van der Waals surface area contributed by atoms with E-state index in [1.54, 1.807) is 23.9 Å². The van der Waals surface area contributed by atoms with Gasteiger partial charge >= 0.3 is 0 Å². The lowest BCUT2D eigenvalue weighted by Crippen LogP contribution is -2.63. The molecule has 4 aliphatic rings. The monoisotopic (exact) mass is 993 g/mol. The van der Waals surface area contributed by atoms with Crippen LogP contribution < -0.4 is 52.1 Å². The minimum absolute atomic E-state index is 0.0425. The molecule has 11 aromatic carbocycles. The number of rotatable bonds is 8. The number of para-hydroxylation sites is 3. The summed E-state index contributed by atoms with van der Waals surface area (Å²) in [5, 5.41) is 12.1. The molecule has 0 amide bonds. The molecule has 0 aliphatic carbocycles. The summed E-state index contributed by atoms with van der Waals surface area (Å²) in [6, 6.07) is 86.7. The Hall–Kier alpha value is -9.50. The lowest BCUT2D eigenvalue weighted by Gasteiger charge is -2.43. The van der Waals surface area contributed by atoms with Crippen molar-refractivity contribution in [1.29, 1.82) is 0 Å². The summed E-state index contributed by atoms with van der Waals surface area (Å²) in [5.74, 6) is 3.10. The maximum atomic E-state index is 12.1. The third-order valence-corrected chi connectivity index (χ3v) is 16.4. The van der Waals surface area contributed by atoms with Gasteiger partial charge in [0.1, 0.15) is 23.0 Å². The Labute approximate surface area is 444 Å². The zero-order chi connectivity index (χ0) is 50.4. The van der Waals surface area contributed by atoms with E-state index in [4.69, 9.17) is 9.47 Å². The highest BCUT2D eigenvalue weighted by Crippen LogP contribution is 2.50. The maximum Gasteiger partial charge on any atom is 0.270 e. The summed E-state index contributed by atoms with van der Waals surface area (Å²) >= 11 is 1.72. The Kier molecular flexibility index (Phi) is 10.2. The van der Waals surface area contributed by atoms with Crippen LogP contribution in [0.4, 0.5) is 39.8 Å². The number of fused-ring (bicyclic) bond motifs is 8. The molecule has 4 heterocycles. The van der Waals surface area contributed by atoms with Gasteiger partial charge in [0.05, 0.1) is 16.3 Å². The molecule has 76 heavy (non-hydrogen) atoms. The van der Waals surface area contributed by atoms with Gasteiger partial charge in [-0.15, -0.1) is 0 Å². The molecule has 356 valence electrons. The number of ether oxygens (including phenoxy) is 2. The first-order chi connectivity index (χ1) is 37.5.